The number of imide groups is 1. The van der Waals surface area contributed by atoms with E-state index in [9.17, 15) is 27.6 Å². The molecular weight excluding hydrogens is 499 g/mol. The van der Waals surface area contributed by atoms with Gasteiger partial charge in [0.25, 0.3) is 0 Å². The minimum absolute atomic E-state index is 0.0424. The first kappa shape index (κ1) is 24.9. The molecule has 3 amide bonds. The van der Waals surface area contributed by atoms with Crippen molar-refractivity contribution >= 4 is 17.9 Å². The van der Waals surface area contributed by atoms with Crippen LogP contribution in [0.15, 0.2) is 60.7 Å². The minimum atomic E-state index is -4.58. The second kappa shape index (κ2) is 8.83. The second-order valence-corrected chi connectivity index (χ2v) is 11.0. The predicted octanol–water partition coefficient (Wildman–Crippen LogP) is 4.01. The summed E-state index contributed by atoms with van der Waals surface area (Å²) in [5.41, 5.74) is -1.20. The fourth-order valence-corrected chi connectivity index (χ4v) is 6.35. The number of alkyl halides is 3. The third-order valence-corrected chi connectivity index (χ3v) is 8.56. The fourth-order valence-electron chi connectivity index (χ4n) is 6.35. The molecule has 6 rings (SSSR count). The Balaban J connectivity index is 1.26. The van der Waals surface area contributed by atoms with Gasteiger partial charge in [0.2, 0.25) is 11.8 Å². The lowest BCUT2D eigenvalue weighted by molar-refractivity contribution is -0.205. The van der Waals surface area contributed by atoms with Crippen LogP contribution in [-0.2, 0) is 20.9 Å². The van der Waals surface area contributed by atoms with Crippen molar-refractivity contribution in [1.82, 2.24) is 14.7 Å². The van der Waals surface area contributed by atoms with Gasteiger partial charge in [-0.25, -0.2) is 9.69 Å². The van der Waals surface area contributed by atoms with Gasteiger partial charge in [-0.3, -0.25) is 14.5 Å². The predicted molar refractivity (Wildman–Crippen MR) is 129 cm³/mol. The van der Waals surface area contributed by atoms with E-state index < -0.39 is 46.9 Å². The Morgan fingerprint density at radius 2 is 1.58 bits per heavy atom. The monoisotopic (exact) mass is 527 g/mol. The van der Waals surface area contributed by atoms with Gasteiger partial charge in [0.15, 0.2) is 0 Å². The first-order valence-electron chi connectivity index (χ1n) is 12.8. The summed E-state index contributed by atoms with van der Waals surface area (Å²) >= 11 is 0. The molecule has 2 atom stereocenters. The maximum Gasteiger partial charge on any atom is 0.417 e. The van der Waals surface area contributed by atoms with Gasteiger partial charge in [-0.2, -0.15) is 13.2 Å². The molecule has 1 spiro atoms. The van der Waals surface area contributed by atoms with Gasteiger partial charge in [-0.1, -0.05) is 60.7 Å². The number of nitrogens with zero attached hydrogens (tertiary/aromatic N) is 3. The standard InChI is InChI=1S/C28H28F3N3O4/c29-28(30,31)27(11-12-27)24(36)33-17-26(18-33)16-32(13-19-7-3-1-4-8-19)14-21(26)23(35)34-22(15-38-25(34)37)20-9-5-2-6-10-20/h1-10,21-22H,11-18H2/t21-,22-/m0/s1. The number of rotatable bonds is 5. The van der Waals surface area contributed by atoms with E-state index in [1.807, 2.05) is 60.7 Å². The Kier molecular flexibility index (Phi) is 5.79. The van der Waals surface area contributed by atoms with Gasteiger partial charge in [0.05, 0.1) is 5.92 Å². The zero-order valence-electron chi connectivity index (χ0n) is 20.7. The number of cyclic esters (lactones) is 1. The second-order valence-electron chi connectivity index (χ2n) is 11.0. The summed E-state index contributed by atoms with van der Waals surface area (Å²) in [6.07, 6.45) is -5.69. The van der Waals surface area contributed by atoms with Crippen LogP contribution in [-0.4, -0.2) is 71.6 Å². The van der Waals surface area contributed by atoms with Gasteiger partial charge < -0.3 is 9.64 Å². The van der Waals surface area contributed by atoms with Crippen molar-refractivity contribution in [1.29, 1.82) is 0 Å². The Bertz CT molecular complexity index is 1240. The number of halogens is 3. The zero-order chi connectivity index (χ0) is 26.7. The number of benzene rings is 2. The van der Waals surface area contributed by atoms with Crippen molar-refractivity contribution in [3.63, 3.8) is 0 Å². The van der Waals surface area contributed by atoms with E-state index in [-0.39, 0.29) is 32.5 Å². The molecule has 3 heterocycles. The Morgan fingerprint density at radius 1 is 0.947 bits per heavy atom. The van der Waals surface area contributed by atoms with Crippen molar-refractivity contribution < 1.29 is 32.3 Å². The van der Waals surface area contributed by atoms with Gasteiger partial charge in [0, 0.05) is 38.1 Å². The van der Waals surface area contributed by atoms with Crippen molar-refractivity contribution in [2.75, 3.05) is 32.8 Å². The average Bonchev–Trinajstić information content (AvgIpc) is 3.50. The Morgan fingerprint density at radius 3 is 2.18 bits per heavy atom. The molecule has 1 aliphatic carbocycles. The molecule has 0 bridgehead atoms. The quantitative estimate of drug-likeness (QED) is 0.588. The van der Waals surface area contributed by atoms with Crippen LogP contribution in [0.5, 0.6) is 0 Å². The van der Waals surface area contributed by atoms with Crippen LogP contribution in [0.4, 0.5) is 18.0 Å². The van der Waals surface area contributed by atoms with E-state index in [2.05, 4.69) is 4.90 Å². The summed E-state index contributed by atoms with van der Waals surface area (Å²) in [6.45, 7) is 1.50. The number of amides is 3. The SMILES string of the molecule is O=C1OC[C@@H](c2ccccc2)N1C(=O)[C@@H]1CN(Cc2ccccc2)CC12CN(C(=O)C1(C(F)(F)F)CC1)C2. The largest absolute Gasteiger partial charge is 0.446 e. The van der Waals surface area contributed by atoms with Crippen molar-refractivity contribution in [3.8, 4) is 0 Å². The van der Waals surface area contributed by atoms with E-state index in [0.717, 1.165) is 16.0 Å². The number of carbonyl (C=O) groups excluding carboxylic acids is 3. The van der Waals surface area contributed by atoms with E-state index in [0.29, 0.717) is 19.6 Å². The minimum Gasteiger partial charge on any atom is -0.446 e. The molecule has 0 N–H and O–H groups in total. The summed E-state index contributed by atoms with van der Waals surface area (Å²) in [6, 6.07) is 18.3. The number of hydrogen-bond donors (Lipinski definition) is 0. The van der Waals surface area contributed by atoms with E-state index in [1.165, 1.54) is 4.90 Å². The molecule has 4 aliphatic rings. The first-order valence-corrected chi connectivity index (χ1v) is 12.8. The molecule has 1 saturated carbocycles. The molecule has 0 radical (unpaired) electrons. The molecule has 4 fully saturated rings. The highest BCUT2D eigenvalue weighted by molar-refractivity contribution is 5.96. The summed E-state index contributed by atoms with van der Waals surface area (Å²) in [7, 11) is 0. The molecule has 0 aromatic heterocycles. The third-order valence-electron chi connectivity index (χ3n) is 8.56. The van der Waals surface area contributed by atoms with Crippen molar-refractivity contribution in [2.45, 2.75) is 31.6 Å². The van der Waals surface area contributed by atoms with E-state index in [1.54, 1.807) is 0 Å². The molecule has 3 aliphatic heterocycles. The molecule has 3 saturated heterocycles. The summed E-state index contributed by atoms with van der Waals surface area (Å²) in [5, 5.41) is 0. The molecule has 0 unspecified atom stereocenters. The highest BCUT2D eigenvalue weighted by Gasteiger charge is 2.71. The average molecular weight is 528 g/mol. The van der Waals surface area contributed by atoms with E-state index in [4.69, 9.17) is 4.74 Å². The number of likely N-dealkylation sites (tertiary alicyclic amines) is 2. The summed E-state index contributed by atoms with van der Waals surface area (Å²) in [5.74, 6) is -1.96. The van der Waals surface area contributed by atoms with Crippen LogP contribution in [0, 0.1) is 16.7 Å². The summed E-state index contributed by atoms with van der Waals surface area (Å²) < 4.78 is 46.2. The van der Waals surface area contributed by atoms with Crippen LogP contribution in [0.2, 0.25) is 0 Å². The number of ether oxygens (including phenoxy) is 1. The topological polar surface area (TPSA) is 70.2 Å². The van der Waals surface area contributed by atoms with E-state index >= 15 is 0 Å². The van der Waals surface area contributed by atoms with Crippen LogP contribution in [0.1, 0.15) is 30.0 Å². The molecule has 200 valence electrons. The van der Waals surface area contributed by atoms with Crippen molar-refractivity contribution in [2.24, 2.45) is 16.7 Å². The number of hydrogen-bond acceptors (Lipinski definition) is 5. The zero-order valence-corrected chi connectivity index (χ0v) is 20.7. The molecule has 38 heavy (non-hydrogen) atoms. The van der Waals surface area contributed by atoms with Crippen LogP contribution in [0.3, 0.4) is 0 Å². The lowest BCUT2D eigenvalue weighted by Crippen LogP contribution is -2.66. The molecule has 2 aromatic rings. The molecule has 2 aromatic carbocycles. The smallest absolute Gasteiger partial charge is 0.417 e. The Hall–Kier alpha value is -3.40. The fraction of sp³-hybridized carbons (Fsp3) is 0.464. The summed E-state index contributed by atoms with van der Waals surface area (Å²) in [4.78, 5) is 44.2. The van der Waals surface area contributed by atoms with Crippen LogP contribution < -0.4 is 0 Å². The van der Waals surface area contributed by atoms with Gasteiger partial charge in [-0.15, -0.1) is 0 Å². The first-order chi connectivity index (χ1) is 18.1. The van der Waals surface area contributed by atoms with Crippen LogP contribution in [0.25, 0.3) is 0 Å². The lowest BCUT2D eigenvalue weighted by atomic mass is 9.70. The number of carbonyl (C=O) groups is 3. The van der Waals surface area contributed by atoms with Gasteiger partial charge in [0.1, 0.15) is 18.1 Å². The highest BCUT2D eigenvalue weighted by atomic mass is 19.4. The van der Waals surface area contributed by atoms with Gasteiger partial charge >= 0.3 is 12.3 Å². The van der Waals surface area contributed by atoms with Crippen molar-refractivity contribution in [3.05, 3.63) is 71.8 Å². The highest BCUT2D eigenvalue weighted by Crippen LogP contribution is 2.60. The maximum atomic E-state index is 14.0. The Labute approximate surface area is 218 Å². The normalized spacial score (nSPS) is 25.8. The third kappa shape index (κ3) is 3.97. The van der Waals surface area contributed by atoms with Crippen LogP contribution >= 0.6 is 0 Å². The molecule has 10 heteroatoms. The van der Waals surface area contributed by atoms with Gasteiger partial charge in [-0.05, 0) is 24.0 Å². The maximum absolute atomic E-state index is 14.0. The lowest BCUT2D eigenvalue weighted by Gasteiger charge is -2.52. The molecule has 7 nitrogen and oxygen atoms in total. The molecular formula is C28H28F3N3O4.